The highest BCUT2D eigenvalue weighted by Crippen LogP contribution is 2.17. The summed E-state index contributed by atoms with van der Waals surface area (Å²) in [5, 5.41) is 6.54. The minimum absolute atomic E-state index is 0.0107. The van der Waals surface area contributed by atoms with Crippen molar-refractivity contribution in [1.82, 2.24) is 15.0 Å². The maximum atomic E-state index is 13.1. The lowest BCUT2D eigenvalue weighted by atomic mass is 9.97. The second-order valence-corrected chi connectivity index (χ2v) is 7.78. The Morgan fingerprint density at radius 3 is 2.64 bits per heavy atom. The summed E-state index contributed by atoms with van der Waals surface area (Å²) in [4.78, 5) is 29.8. The maximum Gasteiger partial charge on any atom is 0.245 e. The van der Waals surface area contributed by atoms with E-state index in [9.17, 15) is 9.59 Å². The van der Waals surface area contributed by atoms with E-state index in [4.69, 9.17) is 4.52 Å². The lowest BCUT2D eigenvalue weighted by Crippen LogP contribution is -2.45. The number of aromatic nitrogens is 1. The van der Waals surface area contributed by atoms with Crippen LogP contribution in [-0.2, 0) is 9.59 Å². The molecule has 2 amide bonds. The van der Waals surface area contributed by atoms with Gasteiger partial charge < -0.3 is 19.6 Å². The molecule has 28 heavy (non-hydrogen) atoms. The van der Waals surface area contributed by atoms with Crippen molar-refractivity contribution in [2.45, 2.75) is 65.7 Å². The Balaban J connectivity index is 1.98. The molecule has 1 aliphatic heterocycles. The molecule has 1 fully saturated rings. The summed E-state index contributed by atoms with van der Waals surface area (Å²) >= 11 is 0. The third kappa shape index (κ3) is 7.26. The van der Waals surface area contributed by atoms with Gasteiger partial charge in [-0.3, -0.25) is 9.59 Å². The van der Waals surface area contributed by atoms with Gasteiger partial charge in [0, 0.05) is 25.1 Å². The first-order chi connectivity index (χ1) is 13.5. The molecular weight excluding hydrogens is 356 g/mol. The largest absolute Gasteiger partial charge is 0.360 e. The Labute approximate surface area is 168 Å². The fourth-order valence-electron chi connectivity index (χ4n) is 3.70. The highest BCUT2D eigenvalue weighted by atomic mass is 16.5. The summed E-state index contributed by atoms with van der Waals surface area (Å²) in [6.07, 6.45) is 7.52. The van der Waals surface area contributed by atoms with Crippen LogP contribution in [0.25, 0.3) is 0 Å². The topological polar surface area (TPSA) is 78.7 Å². The first kappa shape index (κ1) is 22.4. The Hall–Kier alpha value is -1.89. The lowest BCUT2D eigenvalue weighted by Gasteiger charge is -2.31. The molecule has 0 spiro atoms. The van der Waals surface area contributed by atoms with Gasteiger partial charge in [-0.05, 0) is 45.7 Å². The molecule has 1 aromatic rings. The van der Waals surface area contributed by atoms with E-state index in [-0.39, 0.29) is 24.3 Å². The highest BCUT2D eigenvalue weighted by Gasteiger charge is 2.25. The number of nitrogens with zero attached hydrogens (tertiary/aromatic N) is 3. The van der Waals surface area contributed by atoms with Crippen LogP contribution in [0.3, 0.4) is 0 Å². The molecule has 7 nitrogen and oxygen atoms in total. The van der Waals surface area contributed by atoms with Gasteiger partial charge in [-0.15, -0.1) is 0 Å². The van der Waals surface area contributed by atoms with Crippen molar-refractivity contribution in [1.29, 1.82) is 0 Å². The number of amides is 2. The molecule has 1 saturated heterocycles. The molecule has 0 aliphatic carbocycles. The van der Waals surface area contributed by atoms with E-state index in [1.165, 1.54) is 19.3 Å². The molecule has 0 saturated carbocycles. The molecule has 1 aliphatic rings. The van der Waals surface area contributed by atoms with Gasteiger partial charge in [0.1, 0.15) is 5.76 Å². The third-order valence-corrected chi connectivity index (χ3v) is 5.42. The van der Waals surface area contributed by atoms with Crippen LogP contribution in [0.2, 0.25) is 0 Å². The number of carbonyl (C=O) groups is 2. The number of rotatable bonds is 11. The average molecular weight is 393 g/mol. The summed E-state index contributed by atoms with van der Waals surface area (Å²) in [5.74, 6) is 0.886. The number of aryl methyl sites for hydroxylation is 1. The normalized spacial score (nSPS) is 16.0. The Kier molecular flexibility index (Phi) is 9.47. The Bertz CT molecular complexity index is 611. The fraction of sp³-hybridized carbons (Fsp3) is 0.762. The number of hydrogen-bond donors (Lipinski definition) is 1. The van der Waals surface area contributed by atoms with Gasteiger partial charge in [0.25, 0.3) is 0 Å². The van der Waals surface area contributed by atoms with E-state index in [0.29, 0.717) is 18.1 Å². The van der Waals surface area contributed by atoms with Crippen LogP contribution in [-0.4, -0.2) is 59.5 Å². The molecule has 158 valence electrons. The van der Waals surface area contributed by atoms with Crippen molar-refractivity contribution in [3.63, 3.8) is 0 Å². The molecule has 0 unspecified atom stereocenters. The van der Waals surface area contributed by atoms with Crippen molar-refractivity contribution in [3.8, 4) is 0 Å². The third-order valence-electron chi connectivity index (χ3n) is 5.42. The monoisotopic (exact) mass is 392 g/mol. The average Bonchev–Trinajstić information content (AvgIpc) is 3.10. The van der Waals surface area contributed by atoms with Gasteiger partial charge in [0.05, 0.1) is 6.54 Å². The molecule has 1 atom stereocenters. The molecule has 7 heteroatoms. The second kappa shape index (κ2) is 11.8. The number of unbranched alkanes of at least 4 members (excludes halogenated alkanes) is 1. The summed E-state index contributed by atoms with van der Waals surface area (Å²) < 4.78 is 4.99. The van der Waals surface area contributed by atoms with Gasteiger partial charge in [-0.1, -0.05) is 38.3 Å². The van der Waals surface area contributed by atoms with Gasteiger partial charge >= 0.3 is 0 Å². The molecule has 0 aromatic carbocycles. The predicted molar refractivity (Wildman–Crippen MR) is 110 cm³/mol. The fourth-order valence-corrected chi connectivity index (χ4v) is 3.70. The number of piperidine rings is 1. The molecule has 1 N–H and O–H groups in total. The summed E-state index contributed by atoms with van der Waals surface area (Å²) in [7, 11) is 0. The maximum absolute atomic E-state index is 13.1. The van der Waals surface area contributed by atoms with Crippen LogP contribution in [0, 0.1) is 12.8 Å². The molecule has 0 radical (unpaired) electrons. The smallest absolute Gasteiger partial charge is 0.245 e. The zero-order valence-corrected chi connectivity index (χ0v) is 17.7. The van der Waals surface area contributed by atoms with Crippen molar-refractivity contribution >= 4 is 17.6 Å². The molecular formula is C21H36N4O3. The number of likely N-dealkylation sites (tertiary alicyclic amines) is 1. The minimum atomic E-state index is -0.231. The number of anilines is 1. The molecule has 1 aromatic heterocycles. The molecule has 2 rings (SSSR count). The predicted octanol–water partition coefficient (Wildman–Crippen LogP) is 3.45. The van der Waals surface area contributed by atoms with E-state index in [2.05, 4.69) is 29.2 Å². The van der Waals surface area contributed by atoms with E-state index < -0.39 is 0 Å². The Morgan fingerprint density at radius 1 is 1.29 bits per heavy atom. The second-order valence-electron chi connectivity index (χ2n) is 7.78. The SMILES string of the molecule is CCCC[C@@H](CC)C(=O)N(CCN1CCCCC1)CC(=O)Nc1cc(C)on1. The van der Waals surface area contributed by atoms with E-state index in [0.717, 1.165) is 45.3 Å². The van der Waals surface area contributed by atoms with Crippen LogP contribution < -0.4 is 5.32 Å². The minimum Gasteiger partial charge on any atom is -0.360 e. The zero-order valence-electron chi connectivity index (χ0n) is 17.7. The van der Waals surface area contributed by atoms with Gasteiger partial charge in [-0.2, -0.15) is 0 Å². The van der Waals surface area contributed by atoms with Crippen LogP contribution >= 0.6 is 0 Å². The van der Waals surface area contributed by atoms with Crippen molar-refractivity contribution in [3.05, 3.63) is 11.8 Å². The zero-order chi connectivity index (χ0) is 20.4. The molecule has 2 heterocycles. The first-order valence-corrected chi connectivity index (χ1v) is 10.8. The van der Waals surface area contributed by atoms with E-state index in [1.807, 2.05) is 0 Å². The highest BCUT2D eigenvalue weighted by molar-refractivity contribution is 5.94. The van der Waals surface area contributed by atoms with Gasteiger partial charge in [0.2, 0.25) is 11.8 Å². The first-order valence-electron chi connectivity index (χ1n) is 10.8. The van der Waals surface area contributed by atoms with E-state index >= 15 is 0 Å². The molecule has 0 bridgehead atoms. The quantitative estimate of drug-likeness (QED) is 0.624. The number of nitrogens with one attached hydrogen (secondary N) is 1. The van der Waals surface area contributed by atoms with Gasteiger partial charge in [0.15, 0.2) is 5.82 Å². The lowest BCUT2D eigenvalue weighted by molar-refractivity contribution is -0.139. The van der Waals surface area contributed by atoms with Crippen LogP contribution in [0.1, 0.15) is 64.6 Å². The summed E-state index contributed by atoms with van der Waals surface area (Å²) in [6.45, 7) is 9.60. The van der Waals surface area contributed by atoms with E-state index in [1.54, 1.807) is 17.9 Å². The number of hydrogen-bond acceptors (Lipinski definition) is 5. The van der Waals surface area contributed by atoms with Crippen LogP contribution in [0.15, 0.2) is 10.6 Å². The number of carbonyl (C=O) groups excluding carboxylic acids is 2. The Morgan fingerprint density at radius 2 is 2.04 bits per heavy atom. The van der Waals surface area contributed by atoms with Gasteiger partial charge in [-0.25, -0.2) is 0 Å². The summed E-state index contributed by atoms with van der Waals surface area (Å²) in [6, 6.07) is 1.67. The van der Waals surface area contributed by atoms with Crippen LogP contribution in [0.4, 0.5) is 5.82 Å². The van der Waals surface area contributed by atoms with Crippen molar-refractivity contribution in [2.24, 2.45) is 5.92 Å². The standard InChI is InChI=1S/C21H36N4O3/c1-4-6-10-18(5-2)21(27)25(14-13-24-11-8-7-9-12-24)16-20(26)22-19-15-17(3)28-23-19/h15,18H,4-14,16H2,1-3H3,(H,22,23,26)/t18-/m1/s1. The van der Waals surface area contributed by atoms with Crippen LogP contribution in [0.5, 0.6) is 0 Å². The summed E-state index contributed by atoms with van der Waals surface area (Å²) in [5.41, 5.74) is 0. The van der Waals surface area contributed by atoms with Crippen molar-refractivity contribution in [2.75, 3.05) is 38.0 Å². The van der Waals surface area contributed by atoms with Crippen molar-refractivity contribution < 1.29 is 14.1 Å².